The predicted octanol–water partition coefficient (Wildman–Crippen LogP) is 2.80. The molecule has 0 unspecified atom stereocenters. The van der Waals surface area contributed by atoms with Crippen LogP contribution >= 0.6 is 0 Å². The van der Waals surface area contributed by atoms with E-state index in [0.717, 1.165) is 13.1 Å². The van der Waals surface area contributed by atoms with Crippen LogP contribution in [0.4, 0.5) is 11.9 Å². The Bertz CT molecular complexity index is 463. The summed E-state index contributed by atoms with van der Waals surface area (Å²) in [6, 6.07) is 0.361. The molecule has 0 radical (unpaired) electrons. The van der Waals surface area contributed by atoms with Gasteiger partial charge in [-0.05, 0) is 30.6 Å². The fraction of sp³-hybridized carbons (Fsp3) is 0.800. The van der Waals surface area contributed by atoms with Gasteiger partial charge in [0.25, 0.3) is 0 Å². The summed E-state index contributed by atoms with van der Waals surface area (Å²) in [5.41, 5.74) is 0.695. The predicted molar refractivity (Wildman–Crippen MR) is 84.7 cm³/mol. The molecule has 1 aliphatic carbocycles. The third kappa shape index (κ3) is 3.04. The largest absolute Gasteiger partial charge is 0.464 e. The van der Waals surface area contributed by atoms with Gasteiger partial charge in [0.15, 0.2) is 0 Å². The SMILES string of the molecule is CCNc1nc(NCC2C(C)(C)C2(C)C)nc(OCC)n1. The number of hydrogen-bond donors (Lipinski definition) is 2. The second-order valence-corrected chi connectivity index (χ2v) is 6.61. The van der Waals surface area contributed by atoms with Crippen LogP contribution in [0.1, 0.15) is 41.5 Å². The van der Waals surface area contributed by atoms with Gasteiger partial charge in [0.2, 0.25) is 11.9 Å². The van der Waals surface area contributed by atoms with E-state index in [0.29, 0.717) is 41.3 Å². The second kappa shape index (κ2) is 5.66. The zero-order chi connectivity index (χ0) is 15.7. The van der Waals surface area contributed by atoms with Crippen LogP contribution in [0.5, 0.6) is 6.01 Å². The fourth-order valence-corrected chi connectivity index (χ4v) is 2.90. The van der Waals surface area contributed by atoms with E-state index in [1.807, 2.05) is 13.8 Å². The molecule has 6 heteroatoms. The molecule has 2 N–H and O–H groups in total. The summed E-state index contributed by atoms with van der Waals surface area (Å²) in [5.74, 6) is 1.73. The van der Waals surface area contributed by atoms with Gasteiger partial charge in [0.05, 0.1) is 6.61 Å². The Balaban J connectivity index is 2.05. The van der Waals surface area contributed by atoms with Crippen molar-refractivity contribution in [3.05, 3.63) is 0 Å². The van der Waals surface area contributed by atoms with Crippen LogP contribution in [-0.2, 0) is 0 Å². The Morgan fingerprint density at radius 1 is 0.952 bits per heavy atom. The first kappa shape index (κ1) is 15.8. The molecule has 1 aromatic rings. The number of nitrogens with one attached hydrogen (secondary N) is 2. The van der Waals surface area contributed by atoms with Gasteiger partial charge in [-0.25, -0.2) is 0 Å². The third-order valence-electron chi connectivity index (χ3n) is 5.01. The standard InChI is InChI=1S/C15H27N5O/c1-7-16-11-18-12(20-13(19-11)21-8-2)17-9-10-14(3,4)15(10,5)6/h10H,7-9H2,1-6H3,(H2,16,17,18,19,20). The summed E-state index contributed by atoms with van der Waals surface area (Å²) in [6.45, 7) is 15.3. The molecule has 6 nitrogen and oxygen atoms in total. The number of hydrogen-bond acceptors (Lipinski definition) is 6. The van der Waals surface area contributed by atoms with Crippen LogP contribution in [0.3, 0.4) is 0 Å². The zero-order valence-corrected chi connectivity index (χ0v) is 13.9. The number of ether oxygens (including phenoxy) is 1. The van der Waals surface area contributed by atoms with Gasteiger partial charge in [-0.1, -0.05) is 27.7 Å². The minimum Gasteiger partial charge on any atom is -0.464 e. The summed E-state index contributed by atoms with van der Waals surface area (Å²) in [4.78, 5) is 12.9. The van der Waals surface area contributed by atoms with Crippen molar-refractivity contribution in [2.75, 3.05) is 30.3 Å². The van der Waals surface area contributed by atoms with Crippen molar-refractivity contribution < 1.29 is 4.74 Å². The highest BCUT2D eigenvalue weighted by molar-refractivity contribution is 5.36. The molecule has 0 bridgehead atoms. The van der Waals surface area contributed by atoms with Crippen molar-refractivity contribution in [3.8, 4) is 6.01 Å². The van der Waals surface area contributed by atoms with E-state index in [-0.39, 0.29) is 0 Å². The van der Waals surface area contributed by atoms with E-state index < -0.39 is 0 Å². The maximum atomic E-state index is 5.40. The van der Waals surface area contributed by atoms with Gasteiger partial charge in [-0.2, -0.15) is 15.0 Å². The lowest BCUT2D eigenvalue weighted by Gasteiger charge is -2.10. The summed E-state index contributed by atoms with van der Waals surface area (Å²) in [6.07, 6.45) is 0. The van der Waals surface area contributed by atoms with Crippen molar-refractivity contribution >= 4 is 11.9 Å². The zero-order valence-electron chi connectivity index (χ0n) is 13.9. The van der Waals surface area contributed by atoms with Gasteiger partial charge in [-0.15, -0.1) is 0 Å². The van der Waals surface area contributed by atoms with Crippen LogP contribution in [-0.4, -0.2) is 34.6 Å². The van der Waals surface area contributed by atoms with Gasteiger partial charge in [0.1, 0.15) is 0 Å². The molecule has 0 atom stereocenters. The molecule has 21 heavy (non-hydrogen) atoms. The maximum absolute atomic E-state index is 5.40. The summed E-state index contributed by atoms with van der Waals surface area (Å²) < 4.78 is 5.40. The summed E-state index contributed by atoms with van der Waals surface area (Å²) in [5, 5.41) is 6.43. The molecule has 1 saturated carbocycles. The normalized spacial score (nSPS) is 19.1. The highest BCUT2D eigenvalue weighted by Gasteiger charge is 2.64. The van der Waals surface area contributed by atoms with Crippen molar-refractivity contribution in [2.24, 2.45) is 16.7 Å². The molecule has 0 aliphatic heterocycles. The fourth-order valence-electron chi connectivity index (χ4n) is 2.90. The van der Waals surface area contributed by atoms with E-state index in [1.165, 1.54) is 0 Å². The van der Waals surface area contributed by atoms with Crippen LogP contribution in [0.2, 0.25) is 0 Å². The molecule has 0 amide bonds. The molecule has 1 aromatic heterocycles. The lowest BCUT2D eigenvalue weighted by atomic mass is 10.0. The molecule has 1 aliphatic rings. The maximum Gasteiger partial charge on any atom is 0.323 e. The van der Waals surface area contributed by atoms with E-state index in [2.05, 4.69) is 53.3 Å². The minimum atomic E-state index is 0.347. The van der Waals surface area contributed by atoms with Crippen molar-refractivity contribution in [3.63, 3.8) is 0 Å². The average Bonchev–Trinajstić information content (AvgIpc) is 2.78. The Labute approximate surface area is 127 Å². The molecule has 0 spiro atoms. The monoisotopic (exact) mass is 293 g/mol. The number of aromatic nitrogens is 3. The van der Waals surface area contributed by atoms with E-state index in [1.54, 1.807) is 0 Å². The van der Waals surface area contributed by atoms with Crippen LogP contribution < -0.4 is 15.4 Å². The van der Waals surface area contributed by atoms with Crippen LogP contribution in [0.25, 0.3) is 0 Å². The van der Waals surface area contributed by atoms with Crippen molar-refractivity contribution in [2.45, 2.75) is 41.5 Å². The number of rotatable bonds is 7. The summed E-state index contributed by atoms with van der Waals surface area (Å²) >= 11 is 0. The van der Waals surface area contributed by atoms with Gasteiger partial charge in [0, 0.05) is 13.1 Å². The molecule has 1 fully saturated rings. The average molecular weight is 293 g/mol. The molecular formula is C15H27N5O. The second-order valence-electron chi connectivity index (χ2n) is 6.61. The van der Waals surface area contributed by atoms with Crippen LogP contribution in [0.15, 0.2) is 0 Å². The van der Waals surface area contributed by atoms with Crippen molar-refractivity contribution in [1.29, 1.82) is 0 Å². The van der Waals surface area contributed by atoms with Crippen molar-refractivity contribution in [1.82, 2.24) is 15.0 Å². The number of nitrogens with zero attached hydrogens (tertiary/aromatic N) is 3. The first-order valence-corrected chi connectivity index (χ1v) is 7.69. The molecular weight excluding hydrogens is 266 g/mol. The molecule has 1 heterocycles. The number of anilines is 2. The lowest BCUT2D eigenvalue weighted by Crippen LogP contribution is -2.14. The Kier molecular flexibility index (Phi) is 4.25. The molecule has 2 rings (SSSR count). The van der Waals surface area contributed by atoms with E-state index in [4.69, 9.17) is 4.74 Å². The van der Waals surface area contributed by atoms with E-state index in [9.17, 15) is 0 Å². The van der Waals surface area contributed by atoms with E-state index >= 15 is 0 Å². The Morgan fingerprint density at radius 2 is 1.52 bits per heavy atom. The topological polar surface area (TPSA) is 72.0 Å². The smallest absolute Gasteiger partial charge is 0.323 e. The first-order chi connectivity index (χ1) is 9.82. The van der Waals surface area contributed by atoms with Gasteiger partial charge in [-0.3, -0.25) is 0 Å². The van der Waals surface area contributed by atoms with Gasteiger partial charge < -0.3 is 15.4 Å². The van der Waals surface area contributed by atoms with Crippen LogP contribution in [0, 0.1) is 16.7 Å². The Hall–Kier alpha value is -1.59. The molecule has 0 saturated heterocycles. The highest BCUT2D eigenvalue weighted by atomic mass is 16.5. The van der Waals surface area contributed by atoms with Gasteiger partial charge >= 0.3 is 6.01 Å². The molecule has 118 valence electrons. The quantitative estimate of drug-likeness (QED) is 0.805. The molecule has 0 aromatic carbocycles. The summed E-state index contributed by atoms with van der Waals surface area (Å²) in [7, 11) is 0. The highest BCUT2D eigenvalue weighted by Crippen LogP contribution is 2.68. The first-order valence-electron chi connectivity index (χ1n) is 7.69. The lowest BCUT2D eigenvalue weighted by molar-refractivity contribution is 0.312. The Morgan fingerprint density at radius 3 is 2.00 bits per heavy atom. The third-order valence-corrected chi connectivity index (χ3v) is 5.01. The minimum absolute atomic E-state index is 0.347.